The van der Waals surface area contributed by atoms with Crippen LogP contribution in [0, 0.1) is 0 Å². The van der Waals surface area contributed by atoms with E-state index in [1.807, 2.05) is 0 Å². The molecule has 0 N–H and O–H groups in total. The van der Waals surface area contributed by atoms with E-state index in [1.54, 1.807) is 48.5 Å². The third kappa shape index (κ3) is 10.7. The Morgan fingerprint density at radius 3 is 1.67 bits per heavy atom. The van der Waals surface area contributed by atoms with Gasteiger partial charge in [0.2, 0.25) is 0 Å². The molecule has 33 heavy (non-hydrogen) atoms. The molecule has 0 unspecified atom stereocenters. The largest absolute Gasteiger partial charge is 0.490 e. The van der Waals surface area contributed by atoms with Crippen LogP contribution in [0.3, 0.4) is 0 Å². The van der Waals surface area contributed by atoms with Crippen LogP contribution >= 0.6 is 0 Å². The quantitative estimate of drug-likeness (QED) is 0.221. The number of hydrogen-bond donors (Lipinski definition) is 0. The molecule has 0 bridgehead atoms. The van der Waals surface area contributed by atoms with Gasteiger partial charge in [0, 0.05) is 25.5 Å². The van der Waals surface area contributed by atoms with Crippen LogP contribution in [0.4, 0.5) is 0 Å². The molecule has 0 amide bonds. The molecule has 0 aliphatic heterocycles. The second-order valence-corrected chi connectivity index (χ2v) is 7.14. The van der Waals surface area contributed by atoms with Crippen LogP contribution in [-0.2, 0) is 23.8 Å². The fourth-order valence-electron chi connectivity index (χ4n) is 2.73. The third-order valence-corrected chi connectivity index (χ3v) is 4.50. The van der Waals surface area contributed by atoms with Gasteiger partial charge in [-0.2, -0.15) is 0 Å². The third-order valence-electron chi connectivity index (χ3n) is 4.50. The van der Waals surface area contributed by atoms with E-state index < -0.39 is 0 Å². The van der Waals surface area contributed by atoms with Gasteiger partial charge in [0.15, 0.2) is 5.78 Å². The number of methoxy groups -OCH3 is 1. The van der Waals surface area contributed by atoms with Crippen LogP contribution in [-0.4, -0.2) is 51.3 Å². The summed E-state index contributed by atoms with van der Waals surface area (Å²) in [5.41, 5.74) is 0.630. The lowest BCUT2D eigenvalue weighted by Gasteiger charge is -2.09. The minimum Gasteiger partial charge on any atom is -0.490 e. The Labute approximate surface area is 193 Å². The first-order valence-corrected chi connectivity index (χ1v) is 10.8. The lowest BCUT2D eigenvalue weighted by atomic mass is 10.1. The molecule has 0 aliphatic rings. The second kappa shape index (κ2) is 14.6. The topological polar surface area (TPSA) is 97.4 Å². The monoisotopic (exact) mass is 458 g/mol. The minimum atomic E-state index is -0.328. The molecule has 2 aromatic rings. The average molecular weight is 459 g/mol. The summed E-state index contributed by atoms with van der Waals surface area (Å²) in [4.78, 5) is 34.5. The summed E-state index contributed by atoms with van der Waals surface area (Å²) < 4.78 is 26.2. The molecule has 0 atom stereocenters. The van der Waals surface area contributed by atoms with Crippen LogP contribution in [0.25, 0.3) is 0 Å². The molecule has 8 nitrogen and oxygen atoms in total. The number of unbranched alkanes of at least 4 members (excludes halogenated alkanes) is 1. The molecule has 0 fully saturated rings. The standard InChI is InChI=1S/C25H30O8/c1-19(26)20-7-9-22(10-8-20)33-23-13-11-21(12-14-23)30-17-18-32-25(28)6-4-3-5-24(27)31-16-15-29-2/h7-14H,3-6,15-18H2,1-2H3. The predicted octanol–water partition coefficient (Wildman–Crippen LogP) is 4.35. The van der Waals surface area contributed by atoms with Crippen molar-refractivity contribution in [3.63, 3.8) is 0 Å². The molecule has 0 saturated heterocycles. The SMILES string of the molecule is COCCOC(=O)CCCCC(=O)OCCOc1ccc(Oc2ccc(C(C)=O)cc2)cc1. The van der Waals surface area contributed by atoms with Gasteiger partial charge in [-0.05, 0) is 68.3 Å². The zero-order valence-corrected chi connectivity index (χ0v) is 19.0. The van der Waals surface area contributed by atoms with Gasteiger partial charge in [0.25, 0.3) is 0 Å². The van der Waals surface area contributed by atoms with E-state index in [0.717, 1.165) is 0 Å². The number of ketones is 1. The summed E-state index contributed by atoms with van der Waals surface area (Å²) in [5.74, 6) is 1.26. The minimum absolute atomic E-state index is 0.00439. The van der Waals surface area contributed by atoms with E-state index in [9.17, 15) is 14.4 Å². The molecule has 2 rings (SSSR count). The second-order valence-electron chi connectivity index (χ2n) is 7.14. The summed E-state index contributed by atoms with van der Waals surface area (Å²) in [6, 6.07) is 14.0. The summed E-state index contributed by atoms with van der Waals surface area (Å²) in [7, 11) is 1.54. The van der Waals surface area contributed by atoms with E-state index >= 15 is 0 Å². The first-order valence-electron chi connectivity index (χ1n) is 10.8. The van der Waals surface area contributed by atoms with Crippen LogP contribution in [0.15, 0.2) is 48.5 Å². The Kier molecular flexibility index (Phi) is 11.5. The van der Waals surface area contributed by atoms with Gasteiger partial charge in [-0.1, -0.05) is 0 Å². The van der Waals surface area contributed by atoms with Crippen molar-refractivity contribution in [3.8, 4) is 17.2 Å². The van der Waals surface area contributed by atoms with Crippen molar-refractivity contribution in [1.82, 2.24) is 0 Å². The summed E-state index contributed by atoms with van der Waals surface area (Å²) >= 11 is 0. The Hall–Kier alpha value is -3.39. The normalized spacial score (nSPS) is 10.4. The lowest BCUT2D eigenvalue weighted by Crippen LogP contribution is -2.12. The maximum absolute atomic E-state index is 11.7. The fraction of sp³-hybridized carbons (Fsp3) is 0.400. The Morgan fingerprint density at radius 1 is 0.667 bits per heavy atom. The Bertz CT molecular complexity index is 874. The highest BCUT2D eigenvalue weighted by atomic mass is 16.6. The number of carbonyl (C=O) groups excluding carboxylic acids is 3. The molecule has 0 aromatic heterocycles. The van der Waals surface area contributed by atoms with E-state index in [4.69, 9.17) is 23.7 Å². The van der Waals surface area contributed by atoms with Gasteiger partial charge >= 0.3 is 11.9 Å². The predicted molar refractivity (Wildman–Crippen MR) is 121 cm³/mol. The van der Waals surface area contributed by atoms with Crippen LogP contribution < -0.4 is 9.47 Å². The summed E-state index contributed by atoms with van der Waals surface area (Å²) in [5, 5.41) is 0. The van der Waals surface area contributed by atoms with E-state index in [2.05, 4.69) is 0 Å². The zero-order chi connectivity index (χ0) is 23.9. The molecule has 0 radical (unpaired) electrons. The fourth-order valence-corrected chi connectivity index (χ4v) is 2.73. The summed E-state index contributed by atoms with van der Waals surface area (Å²) in [6.45, 7) is 2.49. The van der Waals surface area contributed by atoms with Crippen molar-refractivity contribution in [1.29, 1.82) is 0 Å². The number of ether oxygens (including phenoxy) is 5. The molecule has 0 saturated carbocycles. The first kappa shape index (κ1) is 25.9. The highest BCUT2D eigenvalue weighted by Crippen LogP contribution is 2.24. The van der Waals surface area contributed by atoms with Gasteiger partial charge in [-0.3, -0.25) is 14.4 Å². The Balaban J connectivity index is 1.57. The average Bonchev–Trinajstić information content (AvgIpc) is 2.81. The highest BCUT2D eigenvalue weighted by molar-refractivity contribution is 5.94. The van der Waals surface area contributed by atoms with Gasteiger partial charge < -0.3 is 23.7 Å². The van der Waals surface area contributed by atoms with Gasteiger partial charge in [0.05, 0.1) is 6.61 Å². The van der Waals surface area contributed by atoms with Crippen LogP contribution in [0.2, 0.25) is 0 Å². The van der Waals surface area contributed by atoms with Crippen molar-refractivity contribution < 1.29 is 38.1 Å². The number of esters is 2. The molecular formula is C25H30O8. The number of Topliss-reactive ketones (excluding diaryl/α,β-unsaturated/α-hetero) is 1. The molecule has 2 aromatic carbocycles. The van der Waals surface area contributed by atoms with Crippen molar-refractivity contribution in [3.05, 3.63) is 54.1 Å². The van der Waals surface area contributed by atoms with Crippen molar-refractivity contribution in [2.24, 2.45) is 0 Å². The van der Waals surface area contributed by atoms with Crippen molar-refractivity contribution in [2.45, 2.75) is 32.6 Å². The van der Waals surface area contributed by atoms with Gasteiger partial charge in [-0.25, -0.2) is 0 Å². The Morgan fingerprint density at radius 2 is 1.15 bits per heavy atom. The van der Waals surface area contributed by atoms with Gasteiger partial charge in [-0.15, -0.1) is 0 Å². The summed E-state index contributed by atoms with van der Waals surface area (Å²) in [6.07, 6.45) is 1.62. The number of carbonyl (C=O) groups is 3. The maximum Gasteiger partial charge on any atom is 0.305 e. The van der Waals surface area contributed by atoms with E-state index in [1.165, 1.54) is 14.0 Å². The molecule has 0 aliphatic carbocycles. The van der Waals surface area contributed by atoms with Crippen molar-refractivity contribution >= 4 is 17.7 Å². The number of hydrogen-bond acceptors (Lipinski definition) is 8. The molecule has 178 valence electrons. The molecular weight excluding hydrogens is 428 g/mol. The smallest absolute Gasteiger partial charge is 0.305 e. The molecule has 8 heteroatoms. The number of rotatable bonds is 15. The first-order chi connectivity index (χ1) is 16.0. The van der Waals surface area contributed by atoms with Crippen LogP contribution in [0.5, 0.6) is 17.2 Å². The van der Waals surface area contributed by atoms with Crippen LogP contribution in [0.1, 0.15) is 43.0 Å². The van der Waals surface area contributed by atoms with E-state index in [0.29, 0.717) is 42.3 Å². The molecule has 0 spiro atoms. The zero-order valence-electron chi connectivity index (χ0n) is 19.0. The van der Waals surface area contributed by atoms with E-state index in [-0.39, 0.29) is 50.4 Å². The number of benzene rings is 2. The lowest BCUT2D eigenvalue weighted by molar-refractivity contribution is -0.146. The highest BCUT2D eigenvalue weighted by Gasteiger charge is 2.07. The molecule has 0 heterocycles. The maximum atomic E-state index is 11.7. The van der Waals surface area contributed by atoms with Crippen molar-refractivity contribution in [2.75, 3.05) is 33.5 Å². The van der Waals surface area contributed by atoms with Gasteiger partial charge in [0.1, 0.15) is 37.1 Å².